The molecule has 1 aromatic heterocycles. The van der Waals surface area contributed by atoms with Crippen molar-refractivity contribution >= 4 is 0 Å². The number of hydrogen-bond acceptors (Lipinski definition) is 4. The summed E-state index contributed by atoms with van der Waals surface area (Å²) in [6.07, 6.45) is 4.28. The standard InChI is InChI=1S/C15H16N2O2/c1-18-11-4-5-12-13(16)8-14(19-15(12)7-11)10-3-2-6-17-9-10/h2-7,9,13-14H,8,16H2,1H3/t13-,14-/m0/s1. The number of benzene rings is 1. The van der Waals surface area contributed by atoms with Gasteiger partial charge in [0.15, 0.2) is 0 Å². The van der Waals surface area contributed by atoms with E-state index in [9.17, 15) is 0 Å². The number of rotatable bonds is 2. The molecule has 2 atom stereocenters. The van der Waals surface area contributed by atoms with Crippen LogP contribution in [0.15, 0.2) is 42.7 Å². The number of methoxy groups -OCH3 is 1. The molecule has 4 nitrogen and oxygen atoms in total. The fourth-order valence-electron chi connectivity index (χ4n) is 2.38. The lowest BCUT2D eigenvalue weighted by Crippen LogP contribution is -2.24. The normalized spacial score (nSPS) is 21.4. The molecule has 0 saturated carbocycles. The third-order valence-electron chi connectivity index (χ3n) is 3.41. The summed E-state index contributed by atoms with van der Waals surface area (Å²) in [4.78, 5) is 4.13. The van der Waals surface area contributed by atoms with Crippen molar-refractivity contribution in [2.75, 3.05) is 7.11 Å². The van der Waals surface area contributed by atoms with Crippen LogP contribution in [0.4, 0.5) is 0 Å². The predicted octanol–water partition coefficient (Wildman–Crippen LogP) is 2.61. The Kier molecular flexibility index (Phi) is 3.09. The summed E-state index contributed by atoms with van der Waals surface area (Å²) in [5.74, 6) is 1.57. The molecule has 0 unspecified atom stereocenters. The number of ether oxygens (including phenoxy) is 2. The van der Waals surface area contributed by atoms with Gasteiger partial charge in [0.05, 0.1) is 7.11 Å². The Hall–Kier alpha value is -2.07. The van der Waals surface area contributed by atoms with Crippen LogP contribution >= 0.6 is 0 Å². The lowest BCUT2D eigenvalue weighted by molar-refractivity contribution is 0.160. The van der Waals surface area contributed by atoms with Gasteiger partial charge in [0.2, 0.25) is 0 Å². The highest BCUT2D eigenvalue weighted by Crippen LogP contribution is 2.40. The zero-order valence-corrected chi connectivity index (χ0v) is 10.7. The third kappa shape index (κ3) is 2.27. The van der Waals surface area contributed by atoms with Crippen LogP contribution in [0.5, 0.6) is 11.5 Å². The molecule has 0 radical (unpaired) electrons. The second-order valence-corrected chi connectivity index (χ2v) is 4.64. The monoisotopic (exact) mass is 256 g/mol. The number of hydrogen-bond donors (Lipinski definition) is 1. The molecule has 2 heterocycles. The van der Waals surface area contributed by atoms with Gasteiger partial charge in [0, 0.05) is 42.0 Å². The van der Waals surface area contributed by atoms with E-state index in [0.717, 1.165) is 29.0 Å². The molecule has 1 aromatic carbocycles. The molecular formula is C15H16N2O2. The molecular weight excluding hydrogens is 240 g/mol. The largest absolute Gasteiger partial charge is 0.497 e. The topological polar surface area (TPSA) is 57.4 Å². The number of nitrogens with zero attached hydrogens (tertiary/aromatic N) is 1. The van der Waals surface area contributed by atoms with E-state index in [1.165, 1.54) is 0 Å². The van der Waals surface area contributed by atoms with E-state index >= 15 is 0 Å². The summed E-state index contributed by atoms with van der Waals surface area (Å²) in [7, 11) is 1.64. The molecule has 4 heteroatoms. The van der Waals surface area contributed by atoms with Crippen molar-refractivity contribution in [2.45, 2.75) is 18.6 Å². The zero-order valence-electron chi connectivity index (χ0n) is 10.7. The van der Waals surface area contributed by atoms with Gasteiger partial charge in [-0.05, 0) is 12.1 Å². The minimum absolute atomic E-state index is 0.0279. The lowest BCUT2D eigenvalue weighted by Gasteiger charge is -2.30. The quantitative estimate of drug-likeness (QED) is 0.897. The maximum absolute atomic E-state index is 6.22. The number of aromatic nitrogens is 1. The van der Waals surface area contributed by atoms with Crippen molar-refractivity contribution in [1.29, 1.82) is 0 Å². The average molecular weight is 256 g/mol. The smallest absolute Gasteiger partial charge is 0.128 e. The molecule has 19 heavy (non-hydrogen) atoms. The van der Waals surface area contributed by atoms with Crippen molar-refractivity contribution in [3.05, 3.63) is 53.9 Å². The zero-order chi connectivity index (χ0) is 13.2. The van der Waals surface area contributed by atoms with Crippen molar-refractivity contribution in [1.82, 2.24) is 4.98 Å². The third-order valence-corrected chi connectivity index (χ3v) is 3.41. The van der Waals surface area contributed by atoms with E-state index in [-0.39, 0.29) is 12.1 Å². The first kappa shape index (κ1) is 12.0. The Labute approximate surface area is 112 Å². The van der Waals surface area contributed by atoms with Crippen LogP contribution in [0, 0.1) is 0 Å². The molecule has 0 spiro atoms. The maximum Gasteiger partial charge on any atom is 0.128 e. The molecule has 1 aliphatic heterocycles. The Bertz CT molecular complexity index is 572. The molecule has 0 bridgehead atoms. The highest BCUT2D eigenvalue weighted by Gasteiger charge is 2.27. The van der Waals surface area contributed by atoms with Gasteiger partial charge < -0.3 is 15.2 Å². The summed E-state index contributed by atoms with van der Waals surface area (Å²) in [6, 6.07) is 9.66. The van der Waals surface area contributed by atoms with Crippen molar-refractivity contribution in [2.24, 2.45) is 5.73 Å². The van der Waals surface area contributed by atoms with E-state index in [1.54, 1.807) is 13.3 Å². The number of pyridine rings is 1. The van der Waals surface area contributed by atoms with E-state index in [4.69, 9.17) is 15.2 Å². The van der Waals surface area contributed by atoms with Crippen molar-refractivity contribution < 1.29 is 9.47 Å². The predicted molar refractivity (Wildman–Crippen MR) is 72.1 cm³/mol. The SMILES string of the molecule is COc1ccc2c(c1)O[C@H](c1cccnc1)C[C@@H]2N. The first-order valence-corrected chi connectivity index (χ1v) is 6.28. The second-order valence-electron chi connectivity index (χ2n) is 4.64. The summed E-state index contributed by atoms with van der Waals surface area (Å²) in [6.45, 7) is 0. The summed E-state index contributed by atoms with van der Waals surface area (Å²) in [5.41, 5.74) is 8.30. The molecule has 98 valence electrons. The molecule has 2 aromatic rings. The van der Waals surface area contributed by atoms with Crippen LogP contribution in [0.2, 0.25) is 0 Å². The molecule has 0 saturated heterocycles. The molecule has 1 aliphatic rings. The van der Waals surface area contributed by atoms with E-state index in [2.05, 4.69) is 4.98 Å². The van der Waals surface area contributed by atoms with Gasteiger partial charge in [-0.1, -0.05) is 12.1 Å². The van der Waals surface area contributed by atoms with Gasteiger partial charge in [-0.3, -0.25) is 4.98 Å². The minimum atomic E-state index is -0.0525. The highest BCUT2D eigenvalue weighted by atomic mass is 16.5. The number of nitrogens with two attached hydrogens (primary N) is 1. The highest BCUT2D eigenvalue weighted by molar-refractivity contribution is 5.44. The van der Waals surface area contributed by atoms with Gasteiger partial charge in [-0.25, -0.2) is 0 Å². The van der Waals surface area contributed by atoms with Crippen LogP contribution in [-0.4, -0.2) is 12.1 Å². The first-order valence-electron chi connectivity index (χ1n) is 6.28. The van der Waals surface area contributed by atoms with Crippen LogP contribution in [0.3, 0.4) is 0 Å². The van der Waals surface area contributed by atoms with E-state index < -0.39 is 0 Å². The maximum atomic E-state index is 6.22. The minimum Gasteiger partial charge on any atom is -0.497 e. The Morgan fingerprint density at radius 3 is 3.00 bits per heavy atom. The van der Waals surface area contributed by atoms with Gasteiger partial charge in [0.1, 0.15) is 17.6 Å². The van der Waals surface area contributed by atoms with Crippen LogP contribution in [0.1, 0.15) is 29.7 Å². The Morgan fingerprint density at radius 2 is 2.26 bits per heavy atom. The molecule has 0 amide bonds. The Morgan fingerprint density at radius 1 is 1.37 bits per heavy atom. The summed E-state index contributed by atoms with van der Waals surface area (Å²) < 4.78 is 11.3. The summed E-state index contributed by atoms with van der Waals surface area (Å²) >= 11 is 0. The molecule has 0 aliphatic carbocycles. The average Bonchev–Trinajstić information content (AvgIpc) is 2.47. The fourth-order valence-corrected chi connectivity index (χ4v) is 2.38. The van der Waals surface area contributed by atoms with Crippen LogP contribution in [-0.2, 0) is 0 Å². The van der Waals surface area contributed by atoms with Gasteiger partial charge in [0.25, 0.3) is 0 Å². The lowest BCUT2D eigenvalue weighted by atomic mass is 9.94. The van der Waals surface area contributed by atoms with Crippen molar-refractivity contribution in [3.63, 3.8) is 0 Å². The van der Waals surface area contributed by atoms with Crippen LogP contribution < -0.4 is 15.2 Å². The van der Waals surface area contributed by atoms with Crippen molar-refractivity contribution in [3.8, 4) is 11.5 Å². The first-order chi connectivity index (χ1) is 9.28. The second kappa shape index (κ2) is 4.90. The number of fused-ring (bicyclic) bond motifs is 1. The molecule has 2 N–H and O–H groups in total. The molecule has 3 rings (SSSR count). The van der Waals surface area contributed by atoms with Gasteiger partial charge in [-0.15, -0.1) is 0 Å². The fraction of sp³-hybridized carbons (Fsp3) is 0.267. The van der Waals surface area contributed by atoms with Gasteiger partial charge in [-0.2, -0.15) is 0 Å². The van der Waals surface area contributed by atoms with Gasteiger partial charge >= 0.3 is 0 Å². The van der Waals surface area contributed by atoms with Crippen LogP contribution in [0.25, 0.3) is 0 Å². The molecule has 0 fully saturated rings. The van der Waals surface area contributed by atoms with E-state index in [1.807, 2.05) is 36.5 Å². The Balaban J connectivity index is 1.94. The summed E-state index contributed by atoms with van der Waals surface area (Å²) in [5, 5.41) is 0. The van der Waals surface area contributed by atoms with E-state index in [0.29, 0.717) is 0 Å².